The summed E-state index contributed by atoms with van der Waals surface area (Å²) in [6.07, 6.45) is 3.17. The minimum atomic E-state index is -3.71. The van der Waals surface area contributed by atoms with Crippen molar-refractivity contribution in [3.8, 4) is 22.8 Å². The van der Waals surface area contributed by atoms with Crippen LogP contribution in [0.1, 0.15) is 0 Å². The smallest absolute Gasteiger partial charge is 0.263 e. The Morgan fingerprint density at radius 1 is 0.778 bits per heavy atom. The van der Waals surface area contributed by atoms with Gasteiger partial charge in [0.05, 0.1) is 11.1 Å². The normalized spacial score (nSPS) is 11.3. The first-order valence-electron chi connectivity index (χ1n) is 8.17. The fourth-order valence-corrected chi connectivity index (χ4v) is 3.55. The van der Waals surface area contributed by atoms with Crippen LogP contribution in [-0.2, 0) is 10.0 Å². The van der Waals surface area contributed by atoms with Gasteiger partial charge in [-0.05, 0) is 36.4 Å². The van der Waals surface area contributed by atoms with Crippen LogP contribution in [0.4, 0.5) is 5.82 Å². The van der Waals surface area contributed by atoms with Crippen molar-refractivity contribution in [2.24, 2.45) is 0 Å². The summed E-state index contributed by atoms with van der Waals surface area (Å²) in [6.45, 7) is 0. The van der Waals surface area contributed by atoms with E-state index < -0.39 is 10.0 Å². The van der Waals surface area contributed by atoms with Gasteiger partial charge in [0.15, 0.2) is 5.76 Å². The van der Waals surface area contributed by atoms with Gasteiger partial charge in [0.2, 0.25) is 5.89 Å². The lowest BCUT2D eigenvalue weighted by molar-refractivity contribution is 0.588. The van der Waals surface area contributed by atoms with Crippen LogP contribution < -0.4 is 4.72 Å². The zero-order chi connectivity index (χ0) is 18.7. The number of hydrogen-bond acceptors (Lipinski definition) is 5. The molecule has 0 radical (unpaired) electrons. The lowest BCUT2D eigenvalue weighted by atomic mass is 10.2. The summed E-state index contributed by atoms with van der Waals surface area (Å²) in [5.41, 5.74) is 1.61. The highest BCUT2D eigenvalue weighted by Gasteiger charge is 2.16. The summed E-state index contributed by atoms with van der Waals surface area (Å²) < 4.78 is 33.1. The summed E-state index contributed by atoms with van der Waals surface area (Å²) in [6, 6.07) is 21.0. The molecule has 27 heavy (non-hydrogen) atoms. The van der Waals surface area contributed by atoms with Gasteiger partial charge in [-0.15, -0.1) is 0 Å². The SMILES string of the molecule is O=S(=O)(Nc1ccccn1)c1ccc(-c2ncc(-c3ccccc3)o2)cc1. The van der Waals surface area contributed by atoms with Gasteiger partial charge in [0.25, 0.3) is 10.0 Å². The Labute approximate surface area is 156 Å². The highest BCUT2D eigenvalue weighted by atomic mass is 32.2. The molecule has 0 atom stereocenters. The van der Waals surface area contributed by atoms with Gasteiger partial charge in [-0.1, -0.05) is 36.4 Å². The molecule has 0 saturated carbocycles. The van der Waals surface area contributed by atoms with E-state index in [1.807, 2.05) is 30.3 Å². The number of sulfonamides is 1. The molecule has 0 aliphatic heterocycles. The lowest BCUT2D eigenvalue weighted by Crippen LogP contribution is -2.13. The largest absolute Gasteiger partial charge is 0.436 e. The highest BCUT2D eigenvalue weighted by Crippen LogP contribution is 2.26. The van der Waals surface area contributed by atoms with E-state index in [0.717, 1.165) is 5.56 Å². The monoisotopic (exact) mass is 377 g/mol. The minimum Gasteiger partial charge on any atom is -0.436 e. The average Bonchev–Trinajstić information content (AvgIpc) is 3.19. The van der Waals surface area contributed by atoms with Gasteiger partial charge in [-0.2, -0.15) is 0 Å². The number of benzene rings is 2. The Kier molecular flexibility index (Phi) is 4.43. The average molecular weight is 377 g/mol. The minimum absolute atomic E-state index is 0.131. The van der Waals surface area contributed by atoms with Crippen molar-refractivity contribution in [2.45, 2.75) is 4.90 Å². The van der Waals surface area contributed by atoms with Crippen molar-refractivity contribution >= 4 is 15.8 Å². The molecule has 6 nitrogen and oxygen atoms in total. The van der Waals surface area contributed by atoms with E-state index in [2.05, 4.69) is 14.7 Å². The first kappa shape index (κ1) is 17.0. The third-order valence-corrected chi connectivity index (χ3v) is 5.25. The van der Waals surface area contributed by atoms with Crippen LogP contribution in [-0.4, -0.2) is 18.4 Å². The zero-order valence-electron chi connectivity index (χ0n) is 14.1. The van der Waals surface area contributed by atoms with Crippen LogP contribution in [0.25, 0.3) is 22.8 Å². The van der Waals surface area contributed by atoms with Gasteiger partial charge >= 0.3 is 0 Å². The molecule has 4 aromatic rings. The maximum Gasteiger partial charge on any atom is 0.263 e. The number of aromatic nitrogens is 2. The molecule has 0 amide bonds. The van der Waals surface area contributed by atoms with E-state index >= 15 is 0 Å². The van der Waals surface area contributed by atoms with Gasteiger partial charge in [-0.25, -0.2) is 18.4 Å². The van der Waals surface area contributed by atoms with Gasteiger partial charge < -0.3 is 4.42 Å². The predicted octanol–water partition coefficient (Wildman–Crippen LogP) is 4.20. The Hall–Kier alpha value is -3.45. The summed E-state index contributed by atoms with van der Waals surface area (Å²) in [5, 5.41) is 0. The lowest BCUT2D eigenvalue weighted by Gasteiger charge is -2.07. The van der Waals surface area contributed by atoms with Crippen molar-refractivity contribution in [3.63, 3.8) is 0 Å². The van der Waals surface area contributed by atoms with E-state index in [-0.39, 0.29) is 10.7 Å². The summed E-state index contributed by atoms with van der Waals surface area (Å²) >= 11 is 0. The summed E-state index contributed by atoms with van der Waals surface area (Å²) in [7, 11) is -3.71. The summed E-state index contributed by atoms with van der Waals surface area (Å²) in [5.74, 6) is 1.34. The van der Waals surface area contributed by atoms with E-state index in [1.165, 1.54) is 18.3 Å². The van der Waals surface area contributed by atoms with Crippen molar-refractivity contribution in [2.75, 3.05) is 4.72 Å². The van der Waals surface area contributed by atoms with Crippen LogP contribution in [0.5, 0.6) is 0 Å². The molecule has 0 unspecified atom stereocenters. The van der Waals surface area contributed by atoms with Crippen LogP contribution in [0.3, 0.4) is 0 Å². The molecule has 4 rings (SSSR count). The Balaban J connectivity index is 1.57. The number of rotatable bonds is 5. The molecule has 134 valence electrons. The van der Waals surface area contributed by atoms with E-state index in [4.69, 9.17) is 4.42 Å². The van der Waals surface area contributed by atoms with Crippen molar-refractivity contribution in [1.29, 1.82) is 0 Å². The Bertz CT molecular complexity index is 1140. The molecule has 0 spiro atoms. The number of hydrogen-bond donors (Lipinski definition) is 1. The molecule has 7 heteroatoms. The maximum absolute atomic E-state index is 12.4. The first-order chi connectivity index (χ1) is 13.1. The molecule has 2 aromatic carbocycles. The summed E-state index contributed by atoms with van der Waals surface area (Å²) in [4.78, 5) is 8.38. The van der Waals surface area contributed by atoms with Crippen LogP contribution in [0, 0.1) is 0 Å². The van der Waals surface area contributed by atoms with Crippen LogP contribution in [0.2, 0.25) is 0 Å². The van der Waals surface area contributed by atoms with Crippen LogP contribution in [0.15, 0.2) is 94.5 Å². The number of anilines is 1. The molecule has 0 fully saturated rings. The molecule has 0 bridgehead atoms. The van der Waals surface area contributed by atoms with E-state index in [1.54, 1.807) is 36.5 Å². The second kappa shape index (κ2) is 7.05. The number of nitrogens with zero attached hydrogens (tertiary/aromatic N) is 2. The fraction of sp³-hybridized carbons (Fsp3) is 0. The first-order valence-corrected chi connectivity index (χ1v) is 9.66. The van der Waals surface area contributed by atoms with Gasteiger partial charge in [0.1, 0.15) is 5.82 Å². The quantitative estimate of drug-likeness (QED) is 0.563. The zero-order valence-corrected chi connectivity index (χ0v) is 14.9. The molecular formula is C20H15N3O3S. The van der Waals surface area contributed by atoms with Crippen LogP contribution >= 0.6 is 0 Å². The van der Waals surface area contributed by atoms with E-state index in [9.17, 15) is 8.42 Å². The third kappa shape index (κ3) is 3.73. The van der Waals surface area contributed by atoms with E-state index in [0.29, 0.717) is 17.2 Å². The van der Waals surface area contributed by atoms with Crippen molar-refractivity contribution in [1.82, 2.24) is 9.97 Å². The fourth-order valence-electron chi connectivity index (χ4n) is 2.54. The Morgan fingerprint density at radius 2 is 1.52 bits per heavy atom. The molecule has 2 heterocycles. The second-order valence-corrected chi connectivity index (χ2v) is 7.42. The molecule has 2 aromatic heterocycles. The molecule has 0 aliphatic carbocycles. The van der Waals surface area contributed by atoms with Crippen molar-refractivity contribution in [3.05, 3.63) is 85.2 Å². The predicted molar refractivity (Wildman–Crippen MR) is 102 cm³/mol. The molecular weight excluding hydrogens is 362 g/mol. The molecule has 0 saturated heterocycles. The highest BCUT2D eigenvalue weighted by molar-refractivity contribution is 7.92. The second-order valence-electron chi connectivity index (χ2n) is 5.74. The number of nitrogens with one attached hydrogen (secondary N) is 1. The van der Waals surface area contributed by atoms with Crippen molar-refractivity contribution < 1.29 is 12.8 Å². The third-order valence-electron chi connectivity index (χ3n) is 3.88. The topological polar surface area (TPSA) is 85.1 Å². The standard InChI is InChI=1S/C20H15N3O3S/c24-27(25,23-19-8-4-5-13-21-19)17-11-9-16(10-12-17)20-22-14-18(26-20)15-6-2-1-3-7-15/h1-14H,(H,21,23). The number of oxazole rings is 1. The van der Waals surface area contributed by atoms with Gasteiger partial charge in [-0.3, -0.25) is 4.72 Å². The number of pyridine rings is 1. The Morgan fingerprint density at radius 3 is 2.22 bits per heavy atom. The van der Waals surface area contributed by atoms with Gasteiger partial charge in [0, 0.05) is 17.3 Å². The molecule has 0 aliphatic rings. The maximum atomic E-state index is 12.4. The molecule has 1 N–H and O–H groups in total.